The Hall–Kier alpha value is -1.53. The van der Waals surface area contributed by atoms with Crippen LogP contribution in [0.4, 0.5) is 19.0 Å². The number of anilines is 1. The summed E-state index contributed by atoms with van der Waals surface area (Å²) in [5, 5.41) is 0.903. The number of halogens is 4. The molecule has 1 aliphatic heterocycles. The van der Waals surface area contributed by atoms with Crippen LogP contribution < -0.4 is 4.90 Å². The van der Waals surface area contributed by atoms with Gasteiger partial charge in [-0.3, -0.25) is 3.97 Å². The van der Waals surface area contributed by atoms with Crippen molar-refractivity contribution in [1.29, 1.82) is 0 Å². The summed E-state index contributed by atoms with van der Waals surface area (Å²) in [6.45, 7) is 1.52. The molecule has 2 aromatic heterocycles. The van der Waals surface area contributed by atoms with Crippen LogP contribution in [0.1, 0.15) is 17.2 Å². The number of alkyl halides is 3. The third-order valence-electron chi connectivity index (χ3n) is 4.52. The molecule has 27 heavy (non-hydrogen) atoms. The van der Waals surface area contributed by atoms with Crippen LogP contribution in [0.3, 0.4) is 0 Å². The quantitative estimate of drug-likeness (QED) is 0.475. The number of rotatable bonds is 3. The van der Waals surface area contributed by atoms with E-state index in [0.29, 0.717) is 19.8 Å². The van der Waals surface area contributed by atoms with E-state index in [1.54, 1.807) is 0 Å². The zero-order valence-electron chi connectivity index (χ0n) is 13.9. The summed E-state index contributed by atoms with van der Waals surface area (Å²) in [6.07, 6.45) is -0.909. The van der Waals surface area contributed by atoms with E-state index in [-0.39, 0.29) is 6.04 Å². The Labute approximate surface area is 169 Å². The van der Waals surface area contributed by atoms with Gasteiger partial charge in [-0.25, -0.2) is 9.97 Å². The van der Waals surface area contributed by atoms with E-state index in [2.05, 4.69) is 36.1 Å². The van der Waals surface area contributed by atoms with Crippen LogP contribution in [-0.2, 0) is 10.9 Å². The van der Waals surface area contributed by atoms with E-state index in [1.165, 1.54) is 27.6 Å². The number of ether oxygens (including phenoxy) is 1. The van der Waals surface area contributed by atoms with Gasteiger partial charge in [0.15, 0.2) is 5.65 Å². The summed E-state index contributed by atoms with van der Waals surface area (Å²) in [7, 11) is 1.51. The van der Waals surface area contributed by atoms with E-state index in [4.69, 9.17) is 4.74 Å². The normalized spacial score (nSPS) is 18.2. The molecule has 1 atom stereocenters. The molecule has 1 aliphatic rings. The summed E-state index contributed by atoms with van der Waals surface area (Å²) in [5.74, 6) is 0.761. The first-order valence-electron chi connectivity index (χ1n) is 8.11. The molecule has 142 valence electrons. The van der Waals surface area contributed by atoms with Crippen molar-refractivity contribution in [3.8, 4) is 0 Å². The summed E-state index contributed by atoms with van der Waals surface area (Å²) in [6, 6.07) is 6.99. The monoisotopic (exact) mass is 506 g/mol. The van der Waals surface area contributed by atoms with Gasteiger partial charge in [0.1, 0.15) is 12.1 Å². The zero-order chi connectivity index (χ0) is 19.0. The number of nitrogens with zero attached hydrogens (tertiary/aromatic N) is 4. The van der Waals surface area contributed by atoms with Crippen LogP contribution in [0, 0.1) is 0 Å². The minimum atomic E-state index is -4.35. The highest BCUT2D eigenvalue weighted by molar-refractivity contribution is 14.2. The number of morpholine rings is 1. The third-order valence-corrected chi connectivity index (χ3v) is 6.24. The van der Waals surface area contributed by atoms with Crippen LogP contribution in [0.15, 0.2) is 42.9 Å². The second kappa shape index (κ2) is 7.47. The lowest BCUT2D eigenvalue weighted by molar-refractivity contribution is -0.137. The number of aromatic nitrogens is 3. The lowest BCUT2D eigenvalue weighted by Crippen LogP contribution is -2.40. The Morgan fingerprint density at radius 1 is 1.15 bits per heavy atom. The third kappa shape index (κ3) is 3.61. The number of fused-ring (bicyclic) bond motifs is 1. The molecule has 0 saturated carbocycles. The van der Waals surface area contributed by atoms with E-state index in [1.807, 2.05) is 16.2 Å². The topological polar surface area (TPSA) is 43.2 Å². The van der Waals surface area contributed by atoms with Crippen LogP contribution in [-0.4, -0.2) is 33.7 Å². The molecule has 10 heteroatoms. The molecule has 1 aromatic carbocycles. The van der Waals surface area contributed by atoms with Gasteiger partial charge >= 0.3 is 6.18 Å². The van der Waals surface area contributed by atoms with Crippen LogP contribution in [0.2, 0.25) is 0 Å². The zero-order valence-corrected chi connectivity index (χ0v) is 16.8. The van der Waals surface area contributed by atoms with E-state index < -0.39 is 11.7 Å². The van der Waals surface area contributed by atoms with E-state index in [0.717, 1.165) is 34.5 Å². The molecule has 0 aliphatic carbocycles. The Balaban J connectivity index is 1.72. The van der Waals surface area contributed by atoms with Crippen molar-refractivity contribution in [2.75, 3.05) is 24.7 Å². The van der Waals surface area contributed by atoms with Crippen LogP contribution in [0.25, 0.3) is 11.0 Å². The molecule has 0 unspecified atom stereocenters. The lowest BCUT2D eigenvalue weighted by atomic mass is 10.0. The lowest BCUT2D eigenvalue weighted by Gasteiger charge is -2.37. The molecule has 5 nitrogen and oxygen atoms in total. The summed E-state index contributed by atoms with van der Waals surface area (Å²) in [4.78, 5) is 10.9. The first kappa shape index (κ1) is 18.8. The summed E-state index contributed by atoms with van der Waals surface area (Å²) >= 11 is 2.18. The molecule has 0 amide bonds. The molecule has 0 N–H and O–H groups in total. The van der Waals surface area contributed by atoms with Gasteiger partial charge in [0.2, 0.25) is 0 Å². The molecule has 1 fully saturated rings. The van der Waals surface area contributed by atoms with Crippen molar-refractivity contribution in [3.63, 3.8) is 0 Å². The highest BCUT2D eigenvalue weighted by Gasteiger charge is 2.32. The maximum atomic E-state index is 12.9. The minimum absolute atomic E-state index is 0.213. The van der Waals surface area contributed by atoms with E-state index in [9.17, 15) is 13.2 Å². The van der Waals surface area contributed by atoms with Crippen molar-refractivity contribution in [2.45, 2.75) is 12.2 Å². The average molecular weight is 506 g/mol. The van der Waals surface area contributed by atoms with Gasteiger partial charge in [-0.15, -0.1) is 0 Å². The molecule has 4 rings (SSSR count). The minimum Gasteiger partial charge on any atom is -0.377 e. The maximum Gasteiger partial charge on any atom is 0.416 e. The van der Waals surface area contributed by atoms with Gasteiger partial charge in [-0.2, -0.15) is 13.2 Å². The Kier molecular flexibility index (Phi) is 5.21. The highest BCUT2D eigenvalue weighted by Crippen LogP contribution is 2.36. The first-order chi connectivity index (χ1) is 13.0. The van der Waals surface area contributed by atoms with Gasteiger partial charge in [-0.1, -0.05) is 12.1 Å². The summed E-state index contributed by atoms with van der Waals surface area (Å²) in [5.41, 5.74) is 0.907. The van der Waals surface area contributed by atoms with Crippen LogP contribution in [0.5, 0.6) is 0 Å². The fourth-order valence-corrected chi connectivity index (χ4v) is 4.50. The molecule has 0 bridgehead atoms. The van der Waals surface area contributed by atoms with Crippen molar-refractivity contribution < 1.29 is 17.9 Å². The predicted octanol–water partition coefficient (Wildman–Crippen LogP) is 4.87. The second-order valence-corrected chi connectivity index (χ2v) is 7.76. The van der Waals surface area contributed by atoms with E-state index >= 15 is 0 Å². The molecular formula is C17H14F3IN4OS. The number of hydrogen-bond donors (Lipinski definition) is 0. The first-order valence-corrected chi connectivity index (χ1v) is 11.4. The highest BCUT2D eigenvalue weighted by atomic mass is 127. The maximum absolute atomic E-state index is 12.9. The van der Waals surface area contributed by atoms with Gasteiger partial charge < -0.3 is 9.64 Å². The standard InChI is InChI=1S/C17H14F3IN4OS/c18-17(19,20)12-3-1-11(2-4-12)14-9-26-8-7-24(14)15-13-5-6-25(27-21)16(13)23-10-22-15/h1-6,10,14H,7-9H2/t14-/m1/s1. The fraction of sp³-hybridized carbons (Fsp3) is 0.294. The van der Waals surface area contributed by atoms with Gasteiger partial charge in [0.05, 0.1) is 30.2 Å². The molecular weight excluding hydrogens is 492 g/mol. The Bertz CT molecular complexity index is 947. The van der Waals surface area contributed by atoms with Gasteiger partial charge in [0, 0.05) is 43.1 Å². The molecule has 3 heterocycles. The van der Waals surface area contributed by atoms with Crippen molar-refractivity contribution in [2.24, 2.45) is 0 Å². The Morgan fingerprint density at radius 2 is 1.93 bits per heavy atom. The van der Waals surface area contributed by atoms with Crippen LogP contribution >= 0.6 is 30.3 Å². The van der Waals surface area contributed by atoms with Crippen molar-refractivity contribution in [1.82, 2.24) is 13.9 Å². The number of benzene rings is 1. The van der Waals surface area contributed by atoms with Crippen molar-refractivity contribution >= 4 is 47.2 Å². The SMILES string of the molecule is FC(F)(F)c1ccc([C@H]2COCCN2c2ncnc3c2ccn3SI)cc1. The predicted molar refractivity (Wildman–Crippen MR) is 107 cm³/mol. The smallest absolute Gasteiger partial charge is 0.377 e. The Morgan fingerprint density at radius 3 is 2.63 bits per heavy atom. The largest absolute Gasteiger partial charge is 0.416 e. The van der Waals surface area contributed by atoms with Crippen molar-refractivity contribution in [3.05, 3.63) is 54.0 Å². The average Bonchev–Trinajstić information content (AvgIpc) is 3.11. The molecule has 0 spiro atoms. The number of hydrogen-bond acceptors (Lipinski definition) is 5. The van der Waals surface area contributed by atoms with Gasteiger partial charge in [-0.05, 0) is 23.8 Å². The molecule has 3 aromatic rings. The summed E-state index contributed by atoms with van der Waals surface area (Å²) < 4.78 is 46.1. The second-order valence-electron chi connectivity index (χ2n) is 6.05. The fourth-order valence-electron chi connectivity index (χ4n) is 3.23. The van der Waals surface area contributed by atoms with Gasteiger partial charge in [0.25, 0.3) is 0 Å². The molecule has 1 saturated heterocycles. The molecule has 0 radical (unpaired) electrons.